The van der Waals surface area contributed by atoms with Crippen molar-refractivity contribution in [3.8, 4) is 0 Å². The molecule has 1 N–H and O–H groups in total. The largest absolute Gasteiger partial charge is 0.480 e. The first-order valence-corrected chi connectivity index (χ1v) is 7.14. The van der Waals surface area contributed by atoms with Crippen LogP contribution in [0.2, 0.25) is 0 Å². The molecule has 94 valence electrons. The maximum absolute atomic E-state index is 11.5. The predicted molar refractivity (Wildman–Crippen MR) is 71.4 cm³/mol. The van der Waals surface area contributed by atoms with Gasteiger partial charge >= 0.3 is 5.97 Å². The summed E-state index contributed by atoms with van der Waals surface area (Å²) < 4.78 is -0.980. The number of Topliss-reactive ketones (excluding diaryl/α,β-unsaturated/α-hetero) is 1. The number of hydrogen-bond acceptors (Lipinski definition) is 2. The molecule has 5 heteroatoms. The minimum absolute atomic E-state index is 0.145. The van der Waals surface area contributed by atoms with Gasteiger partial charge in [-0.3, -0.25) is 9.59 Å². The first-order valence-electron chi connectivity index (χ1n) is 5.43. The van der Waals surface area contributed by atoms with Gasteiger partial charge in [0.1, 0.15) is 14.9 Å². The summed E-state index contributed by atoms with van der Waals surface area (Å²) in [7, 11) is 0. The molecule has 0 radical (unpaired) electrons. The molecule has 0 rings (SSSR count). The third-order valence-corrected chi connectivity index (χ3v) is 5.80. The van der Waals surface area contributed by atoms with Gasteiger partial charge in [-0.05, 0) is 13.3 Å². The molecule has 0 fully saturated rings. The van der Waals surface area contributed by atoms with Crippen LogP contribution in [0.25, 0.3) is 0 Å². The van der Waals surface area contributed by atoms with Crippen molar-refractivity contribution >= 4 is 43.6 Å². The Labute approximate surface area is 113 Å². The Bertz CT molecular complexity index is 256. The Kier molecular flexibility index (Phi) is 7.48. The summed E-state index contributed by atoms with van der Waals surface area (Å²) in [5.41, 5.74) is 0. The van der Waals surface area contributed by atoms with Crippen molar-refractivity contribution in [3.63, 3.8) is 0 Å². The van der Waals surface area contributed by atoms with Crippen LogP contribution in [0, 0.1) is 0 Å². The van der Waals surface area contributed by atoms with Crippen LogP contribution in [0.1, 0.15) is 46.0 Å². The summed E-state index contributed by atoms with van der Waals surface area (Å²) in [6.45, 7) is 3.53. The van der Waals surface area contributed by atoms with Crippen LogP contribution in [0.3, 0.4) is 0 Å². The number of halogens is 2. The van der Waals surface area contributed by atoms with Gasteiger partial charge in [-0.25, -0.2) is 0 Å². The van der Waals surface area contributed by atoms with Crippen LogP contribution >= 0.6 is 31.9 Å². The first-order chi connectivity index (χ1) is 7.36. The molecule has 0 heterocycles. The molecule has 0 aromatic rings. The lowest BCUT2D eigenvalue weighted by Gasteiger charge is -2.27. The molecule has 3 nitrogen and oxygen atoms in total. The number of carboxylic acids is 1. The van der Waals surface area contributed by atoms with Gasteiger partial charge in [0, 0.05) is 0 Å². The quantitative estimate of drug-likeness (QED) is 0.534. The Morgan fingerprint density at radius 2 is 1.88 bits per heavy atom. The topological polar surface area (TPSA) is 54.4 Å². The first kappa shape index (κ1) is 16.1. The van der Waals surface area contributed by atoms with Gasteiger partial charge in [0.15, 0.2) is 0 Å². The third kappa shape index (κ3) is 4.53. The number of hydrogen-bond donors (Lipinski definition) is 1. The zero-order valence-corrected chi connectivity index (χ0v) is 12.8. The lowest BCUT2D eigenvalue weighted by atomic mass is 9.93. The summed E-state index contributed by atoms with van der Waals surface area (Å²) in [6, 6.07) is 0. The molecular weight excluding hydrogens is 340 g/mol. The zero-order valence-electron chi connectivity index (χ0n) is 9.63. The average Bonchev–Trinajstić information content (AvgIpc) is 2.22. The molecule has 0 aromatic heterocycles. The van der Waals surface area contributed by atoms with E-state index in [2.05, 4.69) is 38.8 Å². The summed E-state index contributed by atoms with van der Waals surface area (Å²) in [4.78, 5) is 21.6. The van der Waals surface area contributed by atoms with Crippen LogP contribution in [0.4, 0.5) is 0 Å². The fourth-order valence-corrected chi connectivity index (χ4v) is 2.51. The summed E-state index contributed by atoms with van der Waals surface area (Å²) >= 11 is 6.36. The second-order valence-electron chi connectivity index (χ2n) is 3.93. The highest BCUT2D eigenvalue weighted by atomic mass is 79.9. The van der Waals surface area contributed by atoms with Crippen LogP contribution in [0.15, 0.2) is 0 Å². The van der Waals surface area contributed by atoms with E-state index in [0.29, 0.717) is 6.42 Å². The highest BCUT2D eigenvalue weighted by molar-refractivity contribution is 9.13. The van der Waals surface area contributed by atoms with E-state index in [1.165, 1.54) is 6.92 Å². The van der Waals surface area contributed by atoms with E-state index in [9.17, 15) is 9.59 Å². The maximum Gasteiger partial charge on any atom is 0.319 e. The van der Waals surface area contributed by atoms with Crippen LogP contribution in [-0.2, 0) is 9.59 Å². The SMILES string of the molecule is CCCCCCC(Br)(C(C)=O)C(Br)C(=O)O. The number of rotatable bonds is 8. The highest BCUT2D eigenvalue weighted by Gasteiger charge is 2.43. The highest BCUT2D eigenvalue weighted by Crippen LogP contribution is 2.35. The molecule has 0 amide bonds. The van der Waals surface area contributed by atoms with Gasteiger partial charge in [0.25, 0.3) is 0 Å². The van der Waals surface area contributed by atoms with Crippen molar-refractivity contribution in [3.05, 3.63) is 0 Å². The summed E-state index contributed by atoms with van der Waals surface area (Å²) in [5.74, 6) is -1.16. The normalized spacial score (nSPS) is 16.5. The Balaban J connectivity index is 4.46. The molecule has 0 aliphatic rings. The van der Waals surface area contributed by atoms with Crippen LogP contribution in [0.5, 0.6) is 0 Å². The van der Waals surface area contributed by atoms with E-state index < -0.39 is 15.1 Å². The number of carbonyl (C=O) groups is 2. The van der Waals surface area contributed by atoms with Crippen molar-refractivity contribution < 1.29 is 14.7 Å². The molecule has 0 aromatic carbocycles. The Morgan fingerprint density at radius 3 is 2.25 bits per heavy atom. The molecular formula is C11H18Br2O3. The maximum atomic E-state index is 11.5. The van der Waals surface area contributed by atoms with E-state index in [1.54, 1.807) is 0 Å². The number of carboxylic acid groups (broad SMARTS) is 1. The standard InChI is InChI=1S/C11H18Br2O3/c1-3-4-5-6-7-11(13,8(2)14)9(12)10(15)16/h9H,3-7H2,1-2H3,(H,15,16). The van der Waals surface area contributed by atoms with Crippen molar-refractivity contribution in [1.82, 2.24) is 0 Å². The smallest absolute Gasteiger partial charge is 0.319 e. The Morgan fingerprint density at radius 1 is 1.31 bits per heavy atom. The molecule has 0 saturated carbocycles. The van der Waals surface area contributed by atoms with E-state index in [4.69, 9.17) is 5.11 Å². The molecule has 16 heavy (non-hydrogen) atoms. The van der Waals surface area contributed by atoms with Crippen molar-refractivity contribution in [2.24, 2.45) is 0 Å². The fraction of sp³-hybridized carbons (Fsp3) is 0.818. The molecule has 0 saturated heterocycles. The summed E-state index contributed by atoms with van der Waals surface area (Å²) in [5, 5.41) is 8.94. The molecule has 0 aliphatic carbocycles. The molecule has 0 bridgehead atoms. The lowest BCUT2D eigenvalue weighted by molar-refractivity contribution is -0.138. The average molecular weight is 358 g/mol. The minimum atomic E-state index is -1.01. The fourth-order valence-electron chi connectivity index (χ4n) is 1.49. The minimum Gasteiger partial charge on any atom is -0.480 e. The molecule has 2 unspecified atom stereocenters. The van der Waals surface area contributed by atoms with Crippen molar-refractivity contribution in [2.45, 2.75) is 55.1 Å². The zero-order chi connectivity index (χ0) is 12.8. The second-order valence-corrected chi connectivity index (χ2v) is 6.26. The van der Waals surface area contributed by atoms with Gasteiger partial charge in [-0.15, -0.1) is 0 Å². The number of alkyl halides is 2. The van der Waals surface area contributed by atoms with E-state index >= 15 is 0 Å². The van der Waals surface area contributed by atoms with Crippen LogP contribution in [-0.4, -0.2) is 26.0 Å². The van der Waals surface area contributed by atoms with Crippen LogP contribution < -0.4 is 0 Å². The van der Waals surface area contributed by atoms with Crippen molar-refractivity contribution in [1.29, 1.82) is 0 Å². The van der Waals surface area contributed by atoms with Crippen molar-refractivity contribution in [2.75, 3.05) is 0 Å². The summed E-state index contributed by atoms with van der Waals surface area (Å²) in [6.07, 6.45) is 4.65. The van der Waals surface area contributed by atoms with E-state index in [0.717, 1.165) is 25.7 Å². The van der Waals surface area contributed by atoms with Gasteiger partial charge in [-0.2, -0.15) is 0 Å². The number of unbranched alkanes of at least 4 members (excludes halogenated alkanes) is 3. The van der Waals surface area contributed by atoms with E-state index in [1.807, 2.05) is 0 Å². The van der Waals surface area contributed by atoms with E-state index in [-0.39, 0.29) is 5.78 Å². The van der Waals surface area contributed by atoms with Gasteiger partial charge in [0.2, 0.25) is 0 Å². The van der Waals surface area contributed by atoms with Gasteiger partial charge < -0.3 is 5.11 Å². The monoisotopic (exact) mass is 356 g/mol. The second kappa shape index (κ2) is 7.43. The third-order valence-electron chi connectivity index (χ3n) is 2.60. The predicted octanol–water partition coefficient (Wildman–Crippen LogP) is 3.53. The number of aliphatic carboxylic acids is 1. The molecule has 0 aliphatic heterocycles. The lowest BCUT2D eigenvalue weighted by Crippen LogP contribution is -2.43. The van der Waals surface area contributed by atoms with Gasteiger partial charge in [-0.1, -0.05) is 64.5 Å². The number of carbonyl (C=O) groups excluding carboxylic acids is 1. The molecule has 0 spiro atoms. The van der Waals surface area contributed by atoms with Gasteiger partial charge in [0.05, 0.1) is 0 Å². The molecule has 2 atom stereocenters. The number of ketones is 1. The Hall–Kier alpha value is 0.1000.